The molecule has 2 aliphatic heterocycles. The maximum Gasteiger partial charge on any atom is 0.325 e. The number of carbonyl (C=O) groups is 4. The molecule has 2 saturated heterocycles. The number of hydrogen-bond donors (Lipinski definition) is 2. The van der Waals surface area contributed by atoms with Crippen molar-refractivity contribution in [3.8, 4) is 0 Å². The molecule has 1 aliphatic carbocycles. The Balaban J connectivity index is 1.23. The number of hydrogen-bond acceptors (Lipinski definition) is 4. The topological polar surface area (TPSA) is 98.8 Å². The van der Waals surface area contributed by atoms with Crippen molar-refractivity contribution in [1.82, 2.24) is 20.4 Å². The second-order valence-electron chi connectivity index (χ2n) is 8.85. The molecular weight excluding hydrogens is 396 g/mol. The lowest BCUT2D eigenvalue weighted by molar-refractivity contribution is -0.131. The summed E-state index contributed by atoms with van der Waals surface area (Å²) in [4.78, 5) is 52.9. The number of likely N-dealkylation sites (tertiary alicyclic amines) is 1. The largest absolute Gasteiger partial charge is 0.356 e. The number of nitrogens with zero attached hydrogens (tertiary/aromatic N) is 2. The first-order valence-corrected chi connectivity index (χ1v) is 11.2. The molecular formula is C23H30N4O4. The fourth-order valence-electron chi connectivity index (χ4n) is 4.98. The van der Waals surface area contributed by atoms with Gasteiger partial charge in [-0.25, -0.2) is 4.79 Å². The summed E-state index contributed by atoms with van der Waals surface area (Å²) >= 11 is 0. The molecule has 8 nitrogen and oxygen atoms in total. The smallest absolute Gasteiger partial charge is 0.325 e. The maximum atomic E-state index is 12.6. The molecule has 166 valence electrons. The molecule has 3 fully saturated rings. The Morgan fingerprint density at radius 2 is 1.90 bits per heavy atom. The van der Waals surface area contributed by atoms with E-state index in [9.17, 15) is 19.2 Å². The molecule has 2 heterocycles. The minimum absolute atomic E-state index is 0.0160. The molecule has 0 aromatic heterocycles. The van der Waals surface area contributed by atoms with Gasteiger partial charge in [-0.15, -0.1) is 0 Å². The number of nitrogens with one attached hydrogen (secondary N) is 2. The lowest BCUT2D eigenvalue weighted by Gasteiger charge is -2.25. The molecule has 0 unspecified atom stereocenters. The van der Waals surface area contributed by atoms with Gasteiger partial charge in [-0.1, -0.05) is 43.2 Å². The predicted octanol–water partition coefficient (Wildman–Crippen LogP) is 1.97. The van der Waals surface area contributed by atoms with E-state index in [-0.39, 0.29) is 48.7 Å². The van der Waals surface area contributed by atoms with Crippen LogP contribution in [0, 0.1) is 5.92 Å². The fourth-order valence-corrected chi connectivity index (χ4v) is 4.98. The van der Waals surface area contributed by atoms with Crippen molar-refractivity contribution < 1.29 is 19.2 Å². The second-order valence-corrected chi connectivity index (χ2v) is 8.85. The standard InChI is InChI=1S/C23H30N4O4/c1-16(17-8-3-2-4-9-17)27-15-18(14-19(27)28)20(29)24-12-7-13-26-21(30)23(25-22(26)31)10-5-6-11-23/h2-4,8-9,16,18H,5-7,10-15H2,1H3,(H,24,29)(H,25,31)/t16-,18+/m0/s1. The van der Waals surface area contributed by atoms with E-state index < -0.39 is 5.54 Å². The summed E-state index contributed by atoms with van der Waals surface area (Å²) in [6.07, 6.45) is 4.02. The number of carbonyl (C=O) groups excluding carboxylic acids is 4. The summed E-state index contributed by atoms with van der Waals surface area (Å²) in [6, 6.07) is 9.38. The molecule has 4 rings (SSSR count). The number of benzene rings is 1. The van der Waals surface area contributed by atoms with E-state index in [4.69, 9.17) is 0 Å². The molecule has 2 atom stereocenters. The van der Waals surface area contributed by atoms with Crippen molar-refractivity contribution >= 4 is 23.8 Å². The highest BCUT2D eigenvalue weighted by Crippen LogP contribution is 2.35. The average molecular weight is 427 g/mol. The molecule has 2 N–H and O–H groups in total. The third-order valence-electron chi connectivity index (χ3n) is 6.84. The zero-order valence-electron chi connectivity index (χ0n) is 17.9. The molecule has 3 aliphatic rings. The zero-order valence-corrected chi connectivity index (χ0v) is 17.9. The Bertz CT molecular complexity index is 866. The highest BCUT2D eigenvalue weighted by Gasteiger charge is 2.52. The monoisotopic (exact) mass is 426 g/mol. The van der Waals surface area contributed by atoms with Gasteiger partial charge in [-0.2, -0.15) is 0 Å². The third kappa shape index (κ3) is 4.16. The van der Waals surface area contributed by atoms with E-state index >= 15 is 0 Å². The maximum absolute atomic E-state index is 12.6. The number of rotatable bonds is 7. The first kappa shape index (κ1) is 21.3. The SMILES string of the molecule is C[C@@H](c1ccccc1)N1C[C@H](C(=O)NCCCN2C(=O)NC3(CCCC3)C2=O)CC1=O. The predicted molar refractivity (Wildman–Crippen MR) is 114 cm³/mol. The number of imide groups is 1. The van der Waals surface area contributed by atoms with Crippen molar-refractivity contribution in [3.05, 3.63) is 35.9 Å². The first-order valence-electron chi connectivity index (χ1n) is 11.2. The van der Waals surface area contributed by atoms with Crippen molar-refractivity contribution in [2.75, 3.05) is 19.6 Å². The van der Waals surface area contributed by atoms with Crippen LogP contribution in [0.5, 0.6) is 0 Å². The van der Waals surface area contributed by atoms with Crippen LogP contribution >= 0.6 is 0 Å². The normalized spacial score (nSPS) is 23.5. The van der Waals surface area contributed by atoms with Crippen LogP contribution < -0.4 is 10.6 Å². The molecule has 1 aromatic carbocycles. The van der Waals surface area contributed by atoms with Gasteiger partial charge in [0.25, 0.3) is 5.91 Å². The fraction of sp³-hybridized carbons (Fsp3) is 0.565. The Morgan fingerprint density at radius 3 is 2.61 bits per heavy atom. The van der Waals surface area contributed by atoms with Crippen LogP contribution in [0.3, 0.4) is 0 Å². The van der Waals surface area contributed by atoms with E-state index in [0.717, 1.165) is 18.4 Å². The molecule has 5 amide bonds. The second kappa shape index (κ2) is 8.69. The van der Waals surface area contributed by atoms with Crippen LogP contribution in [0.1, 0.15) is 57.1 Å². The molecule has 8 heteroatoms. The van der Waals surface area contributed by atoms with Gasteiger partial charge in [0.2, 0.25) is 11.8 Å². The highest BCUT2D eigenvalue weighted by atomic mass is 16.2. The van der Waals surface area contributed by atoms with Gasteiger partial charge in [0, 0.05) is 26.1 Å². The number of urea groups is 1. The van der Waals surface area contributed by atoms with Gasteiger partial charge < -0.3 is 15.5 Å². The molecule has 31 heavy (non-hydrogen) atoms. The molecule has 1 aromatic rings. The summed E-state index contributed by atoms with van der Waals surface area (Å²) in [5.74, 6) is -0.677. The van der Waals surface area contributed by atoms with Crippen molar-refractivity contribution in [3.63, 3.8) is 0 Å². The Hall–Kier alpha value is -2.90. The highest BCUT2D eigenvalue weighted by molar-refractivity contribution is 6.07. The molecule has 1 spiro atoms. The van der Waals surface area contributed by atoms with E-state index in [1.807, 2.05) is 37.3 Å². The van der Waals surface area contributed by atoms with Gasteiger partial charge in [-0.05, 0) is 31.7 Å². The van der Waals surface area contributed by atoms with Gasteiger partial charge in [-0.3, -0.25) is 19.3 Å². The zero-order chi connectivity index (χ0) is 22.0. The van der Waals surface area contributed by atoms with E-state index in [1.54, 1.807) is 4.90 Å². The average Bonchev–Trinajstić information content (AvgIpc) is 3.45. The van der Waals surface area contributed by atoms with Crippen LogP contribution in [0.4, 0.5) is 4.79 Å². The summed E-state index contributed by atoms with van der Waals surface area (Å²) in [7, 11) is 0. The van der Waals surface area contributed by atoms with Crippen molar-refractivity contribution in [2.45, 2.75) is 57.0 Å². The van der Waals surface area contributed by atoms with Crippen LogP contribution in [-0.2, 0) is 14.4 Å². The van der Waals surface area contributed by atoms with E-state index in [1.165, 1.54) is 4.90 Å². The van der Waals surface area contributed by atoms with Crippen LogP contribution in [0.15, 0.2) is 30.3 Å². The minimum Gasteiger partial charge on any atom is -0.356 e. The minimum atomic E-state index is -0.691. The Kier molecular flexibility index (Phi) is 5.98. The Labute approximate surface area is 182 Å². The Morgan fingerprint density at radius 1 is 1.19 bits per heavy atom. The third-order valence-corrected chi connectivity index (χ3v) is 6.84. The summed E-state index contributed by atoms with van der Waals surface area (Å²) in [6.45, 7) is 3.02. The van der Waals surface area contributed by atoms with Crippen LogP contribution in [0.25, 0.3) is 0 Å². The van der Waals surface area contributed by atoms with Crippen LogP contribution in [0.2, 0.25) is 0 Å². The molecule has 1 saturated carbocycles. The van der Waals surface area contributed by atoms with E-state index in [2.05, 4.69) is 10.6 Å². The first-order chi connectivity index (χ1) is 14.9. The van der Waals surface area contributed by atoms with Gasteiger partial charge in [0.15, 0.2) is 0 Å². The van der Waals surface area contributed by atoms with Crippen LogP contribution in [-0.4, -0.2) is 58.7 Å². The molecule has 0 radical (unpaired) electrons. The lowest BCUT2D eigenvalue weighted by Crippen LogP contribution is -2.44. The number of amides is 5. The summed E-state index contributed by atoms with van der Waals surface area (Å²) in [5, 5.41) is 5.74. The van der Waals surface area contributed by atoms with Crippen molar-refractivity contribution in [1.29, 1.82) is 0 Å². The summed E-state index contributed by atoms with van der Waals surface area (Å²) in [5.41, 5.74) is 0.356. The molecule has 0 bridgehead atoms. The van der Waals surface area contributed by atoms with Gasteiger partial charge in [0.05, 0.1) is 12.0 Å². The van der Waals surface area contributed by atoms with Crippen molar-refractivity contribution in [2.24, 2.45) is 5.92 Å². The lowest BCUT2D eigenvalue weighted by atomic mass is 9.98. The quantitative estimate of drug-likeness (QED) is 0.514. The summed E-state index contributed by atoms with van der Waals surface area (Å²) < 4.78 is 0. The van der Waals surface area contributed by atoms with E-state index in [0.29, 0.717) is 32.4 Å². The van der Waals surface area contributed by atoms with Gasteiger partial charge >= 0.3 is 6.03 Å². The van der Waals surface area contributed by atoms with Gasteiger partial charge in [0.1, 0.15) is 5.54 Å².